The minimum Gasteiger partial charge on any atom is -0.478 e. The number of benzene rings is 2. The van der Waals surface area contributed by atoms with Crippen LogP contribution >= 0.6 is 11.6 Å². The fourth-order valence-corrected chi connectivity index (χ4v) is 3.19. The minimum absolute atomic E-state index is 0.215. The van der Waals surface area contributed by atoms with Gasteiger partial charge in [0.05, 0.1) is 5.56 Å². The molecule has 2 rings (SSSR count). The zero-order valence-corrected chi connectivity index (χ0v) is 15.5. The average Bonchev–Trinajstić information content (AvgIpc) is 2.45. The van der Waals surface area contributed by atoms with E-state index in [0.717, 1.165) is 12.1 Å². The van der Waals surface area contributed by atoms with E-state index >= 15 is 0 Å². The van der Waals surface area contributed by atoms with Gasteiger partial charge in [0.2, 0.25) is 0 Å². The number of aromatic carboxylic acids is 1. The van der Waals surface area contributed by atoms with Gasteiger partial charge in [-0.15, -0.1) is 0 Å². The second kappa shape index (κ2) is 8.73. The number of hydrogen-bond donors (Lipinski definition) is 5. The monoisotopic (exact) mass is 431 g/mol. The van der Waals surface area contributed by atoms with E-state index in [9.17, 15) is 18.4 Å². The summed E-state index contributed by atoms with van der Waals surface area (Å²) in [5.41, 5.74) is 0.500. The van der Waals surface area contributed by atoms with Crippen LogP contribution in [-0.4, -0.2) is 44.5 Å². The number of phenolic OH excluding ortho intramolecular Hbond substituents is 1. The Morgan fingerprint density at radius 2 is 1.76 bits per heavy atom. The van der Waals surface area contributed by atoms with Crippen molar-refractivity contribution in [2.24, 2.45) is 0 Å². The van der Waals surface area contributed by atoms with Crippen molar-refractivity contribution in [2.45, 2.75) is 6.92 Å². The molecule has 0 unspecified atom stereocenters. The van der Waals surface area contributed by atoms with Crippen LogP contribution in [-0.2, 0) is 8.53 Å². The molecule has 0 atom stereocenters. The number of phenols is 1. The molecule has 0 aliphatic carbocycles. The van der Waals surface area contributed by atoms with Gasteiger partial charge < -0.3 is 5.11 Å². The predicted octanol–water partition coefficient (Wildman–Crippen LogP) is 0.950. The summed E-state index contributed by atoms with van der Waals surface area (Å²) in [6.07, 6.45) is 0. The molecule has 2 aromatic carbocycles. The third kappa shape index (κ3) is 7.02. The van der Waals surface area contributed by atoms with Crippen molar-refractivity contribution in [2.75, 3.05) is 5.32 Å². The second-order valence-electron chi connectivity index (χ2n) is 4.74. The van der Waals surface area contributed by atoms with Crippen molar-refractivity contribution < 1.29 is 31.7 Å². The quantitative estimate of drug-likeness (QED) is 0.455. The van der Waals surface area contributed by atoms with E-state index in [1.54, 1.807) is 12.1 Å². The minimum atomic E-state index is -5.09. The number of amides is 1. The molecule has 2 aromatic rings. The summed E-state index contributed by atoms with van der Waals surface area (Å²) in [4.78, 5) is 21.0. The molecular weight excluding hydrogens is 417 g/mol. The maximum atomic E-state index is 10.9. The van der Waals surface area contributed by atoms with Crippen LogP contribution in [0.2, 0.25) is 5.02 Å². The van der Waals surface area contributed by atoms with E-state index in [0.29, 0.717) is 5.02 Å². The Morgan fingerprint density at radius 1 is 1.12 bits per heavy atom. The van der Waals surface area contributed by atoms with Crippen LogP contribution in [0.25, 0.3) is 0 Å². The van der Waals surface area contributed by atoms with Crippen molar-refractivity contribution in [1.29, 1.82) is 0 Å². The van der Waals surface area contributed by atoms with Gasteiger partial charge in [-0.25, -0.2) is 4.79 Å². The molecule has 0 aromatic heterocycles. The largest absolute Gasteiger partial charge is 0.478 e. The summed E-state index contributed by atoms with van der Waals surface area (Å²) in [5.74, 6) is -1.81. The van der Waals surface area contributed by atoms with Crippen LogP contribution in [0.4, 0.5) is 5.69 Å². The van der Waals surface area contributed by atoms with E-state index < -0.39 is 30.2 Å². The Hall–Kier alpha value is -2.25. The van der Waals surface area contributed by atoms with Crippen LogP contribution in [0.5, 0.6) is 5.75 Å². The maximum Gasteiger partial charge on any atom is 0.335 e. The molecule has 0 aliphatic heterocycles. The molecule has 0 bridgehead atoms. The van der Waals surface area contributed by atoms with Crippen LogP contribution in [0.1, 0.15) is 17.3 Å². The number of anilines is 1. The summed E-state index contributed by atoms with van der Waals surface area (Å²) in [7, 11) is 0. The molecular formula is C15H15AsClNO7. The SMILES string of the molecule is CC(=O)Nc1ccc([As](=O)(O)O)c(O)c1.O=C(O)c1cccc(Cl)c1. The van der Waals surface area contributed by atoms with Gasteiger partial charge >= 0.3 is 94.1 Å². The van der Waals surface area contributed by atoms with E-state index in [1.165, 1.54) is 25.1 Å². The summed E-state index contributed by atoms with van der Waals surface area (Å²) in [6, 6.07) is 9.65. The van der Waals surface area contributed by atoms with E-state index in [2.05, 4.69) is 5.32 Å². The Bertz CT molecular complexity index is 834. The fourth-order valence-electron chi connectivity index (χ4n) is 1.67. The van der Waals surface area contributed by atoms with Gasteiger partial charge in [0, 0.05) is 5.02 Å². The first-order valence-corrected chi connectivity index (χ1v) is 10.4. The Morgan fingerprint density at radius 3 is 2.16 bits per heavy atom. The fraction of sp³-hybridized carbons (Fsp3) is 0.0667. The molecule has 0 fully saturated rings. The Labute approximate surface area is 150 Å². The Kier molecular flexibility index (Phi) is 7.26. The standard InChI is InChI=1S/C8H10AsNO5.C7H5ClO2/c1-5(11)10-6-2-3-7(8(12)4-6)9(13,14)15;8-6-3-1-2-5(4-6)7(9)10/h2-4,12H,1H3,(H,10,11)(H2,13,14,15);1-4H,(H,9,10). The number of halogens is 1. The van der Waals surface area contributed by atoms with Crippen LogP contribution in [0.3, 0.4) is 0 Å². The number of carboxylic acid groups (broad SMARTS) is 1. The molecule has 25 heavy (non-hydrogen) atoms. The number of rotatable bonds is 3. The number of aromatic hydroxyl groups is 1. The molecule has 0 saturated carbocycles. The zero-order chi connectivity index (χ0) is 19.2. The van der Waals surface area contributed by atoms with E-state index in [4.69, 9.17) is 24.9 Å². The zero-order valence-electron chi connectivity index (χ0n) is 12.9. The number of hydrogen-bond acceptors (Lipinski definition) is 4. The molecule has 8 nitrogen and oxygen atoms in total. The third-order valence-electron chi connectivity index (χ3n) is 2.68. The number of carbonyl (C=O) groups excluding carboxylic acids is 1. The van der Waals surface area contributed by atoms with Crippen LogP contribution < -0.4 is 9.67 Å². The van der Waals surface area contributed by atoms with Crippen molar-refractivity contribution in [3.63, 3.8) is 0 Å². The molecule has 0 heterocycles. The van der Waals surface area contributed by atoms with Gasteiger partial charge in [-0.3, -0.25) is 0 Å². The topological polar surface area (TPSA) is 144 Å². The molecule has 5 N–H and O–H groups in total. The summed E-state index contributed by atoms with van der Waals surface area (Å²) in [6.45, 7) is 1.29. The normalized spacial score (nSPS) is 10.4. The van der Waals surface area contributed by atoms with E-state index in [-0.39, 0.29) is 17.2 Å². The average molecular weight is 432 g/mol. The molecule has 10 heteroatoms. The van der Waals surface area contributed by atoms with Gasteiger partial charge in [-0.05, 0) is 18.2 Å². The molecule has 134 valence electrons. The third-order valence-corrected chi connectivity index (χ3v) is 5.03. The second-order valence-corrected chi connectivity index (χ2v) is 8.47. The number of carbonyl (C=O) groups is 2. The molecule has 0 radical (unpaired) electrons. The first kappa shape index (κ1) is 20.8. The van der Waals surface area contributed by atoms with E-state index in [1.807, 2.05) is 0 Å². The van der Waals surface area contributed by atoms with Gasteiger partial charge in [0.15, 0.2) is 0 Å². The smallest absolute Gasteiger partial charge is 0.335 e. The van der Waals surface area contributed by atoms with Gasteiger partial charge in [0.1, 0.15) is 0 Å². The molecule has 0 spiro atoms. The van der Waals surface area contributed by atoms with Gasteiger partial charge in [-0.2, -0.15) is 0 Å². The number of carboxylic acids is 1. The maximum absolute atomic E-state index is 10.9. The van der Waals surface area contributed by atoms with Crippen LogP contribution in [0, 0.1) is 0 Å². The van der Waals surface area contributed by atoms with Crippen molar-refractivity contribution >= 4 is 47.7 Å². The van der Waals surface area contributed by atoms with Crippen molar-refractivity contribution in [1.82, 2.24) is 0 Å². The van der Waals surface area contributed by atoms with Gasteiger partial charge in [0.25, 0.3) is 0 Å². The Balaban J connectivity index is 0.000000271. The summed E-state index contributed by atoms with van der Waals surface area (Å²) in [5, 5.41) is 20.6. The molecule has 0 aliphatic rings. The summed E-state index contributed by atoms with van der Waals surface area (Å²) < 4.78 is 28.2. The summed E-state index contributed by atoms with van der Waals surface area (Å²) >= 11 is 0.438. The van der Waals surface area contributed by atoms with Crippen molar-refractivity contribution in [3.05, 3.63) is 53.1 Å². The predicted molar refractivity (Wildman–Crippen MR) is 91.3 cm³/mol. The first-order valence-electron chi connectivity index (χ1n) is 6.66. The van der Waals surface area contributed by atoms with Crippen molar-refractivity contribution in [3.8, 4) is 5.75 Å². The molecule has 1 amide bonds. The first-order chi connectivity index (χ1) is 11.5. The number of nitrogens with one attached hydrogen (secondary N) is 1. The van der Waals surface area contributed by atoms with Crippen LogP contribution in [0.15, 0.2) is 42.5 Å². The van der Waals surface area contributed by atoms with Gasteiger partial charge in [-0.1, -0.05) is 17.7 Å². The molecule has 0 saturated heterocycles.